The molecule has 0 aliphatic heterocycles. The van der Waals surface area contributed by atoms with Crippen LogP contribution in [0.3, 0.4) is 0 Å². The van der Waals surface area contributed by atoms with E-state index >= 15 is 0 Å². The van der Waals surface area contributed by atoms with Gasteiger partial charge in [-0.3, -0.25) is 0 Å². The van der Waals surface area contributed by atoms with Crippen molar-refractivity contribution in [2.45, 2.75) is 26.1 Å². The molecule has 0 saturated heterocycles. The molecule has 16 heavy (non-hydrogen) atoms. The third-order valence-corrected chi connectivity index (χ3v) is 2.34. The van der Waals surface area contributed by atoms with Crippen LogP contribution < -0.4 is 0 Å². The number of benzene rings is 1. The molecule has 1 aromatic rings. The van der Waals surface area contributed by atoms with Gasteiger partial charge < -0.3 is 4.90 Å². The molecule has 0 radical (unpaired) electrons. The summed E-state index contributed by atoms with van der Waals surface area (Å²) in [5.41, 5.74) is 0.318. The number of hydrogen-bond donors (Lipinski definition) is 0. The lowest BCUT2D eigenvalue weighted by atomic mass is 10.1. The summed E-state index contributed by atoms with van der Waals surface area (Å²) in [5, 5.41) is 0. The lowest BCUT2D eigenvalue weighted by molar-refractivity contribution is -0.137. The van der Waals surface area contributed by atoms with Crippen LogP contribution in [0, 0.1) is 0 Å². The second-order valence-electron chi connectivity index (χ2n) is 3.93. The Hall–Kier alpha value is -1.03. The van der Waals surface area contributed by atoms with Crippen molar-refractivity contribution in [3.63, 3.8) is 0 Å². The molecule has 1 rings (SSSR count). The lowest BCUT2D eigenvalue weighted by Crippen LogP contribution is -2.18. The maximum absolute atomic E-state index is 12.3. The highest BCUT2D eigenvalue weighted by Gasteiger charge is 2.29. The molecule has 0 aromatic heterocycles. The van der Waals surface area contributed by atoms with Crippen LogP contribution in [-0.4, -0.2) is 18.5 Å². The summed E-state index contributed by atoms with van der Waals surface area (Å²) in [6.07, 6.45) is -3.20. The van der Waals surface area contributed by atoms with Crippen LogP contribution in [-0.2, 0) is 12.7 Å². The van der Waals surface area contributed by atoms with E-state index in [0.29, 0.717) is 6.54 Å². The first-order chi connectivity index (χ1) is 7.43. The molecule has 0 fully saturated rings. The van der Waals surface area contributed by atoms with Crippen LogP contribution in [0.1, 0.15) is 24.5 Å². The van der Waals surface area contributed by atoms with Crippen molar-refractivity contribution in [1.82, 2.24) is 4.90 Å². The predicted molar refractivity (Wildman–Crippen MR) is 58.1 cm³/mol. The van der Waals surface area contributed by atoms with Crippen LogP contribution in [0.15, 0.2) is 24.3 Å². The predicted octanol–water partition coefficient (Wildman–Crippen LogP) is 3.55. The summed E-state index contributed by atoms with van der Waals surface area (Å²) in [7, 11) is 1.96. The van der Waals surface area contributed by atoms with E-state index in [9.17, 15) is 13.2 Å². The van der Waals surface area contributed by atoms with E-state index in [2.05, 4.69) is 11.8 Å². The molecule has 1 aromatic carbocycles. The van der Waals surface area contributed by atoms with Gasteiger partial charge in [0.25, 0.3) is 0 Å². The smallest absolute Gasteiger partial charge is 0.302 e. The van der Waals surface area contributed by atoms with E-state index in [1.807, 2.05) is 7.05 Å². The quantitative estimate of drug-likeness (QED) is 0.766. The molecular formula is C12H16F3N. The summed E-state index contributed by atoms with van der Waals surface area (Å²) in [6, 6.07) is 5.34. The molecule has 4 heteroatoms. The van der Waals surface area contributed by atoms with Gasteiger partial charge in [0, 0.05) is 6.54 Å². The Kier molecular flexibility index (Phi) is 4.35. The van der Waals surface area contributed by atoms with Gasteiger partial charge in [-0.05, 0) is 37.7 Å². The Morgan fingerprint density at radius 3 is 2.12 bits per heavy atom. The molecular weight excluding hydrogens is 215 g/mol. The SMILES string of the molecule is CCCN(C)Cc1ccc(C(F)(F)F)cc1. The van der Waals surface area contributed by atoms with Crippen LogP contribution in [0.4, 0.5) is 13.2 Å². The van der Waals surface area contributed by atoms with Gasteiger partial charge in [0.1, 0.15) is 0 Å². The van der Waals surface area contributed by atoms with Crippen molar-refractivity contribution >= 4 is 0 Å². The van der Waals surface area contributed by atoms with Crippen molar-refractivity contribution in [2.75, 3.05) is 13.6 Å². The maximum Gasteiger partial charge on any atom is 0.416 e. The Balaban J connectivity index is 2.65. The monoisotopic (exact) mass is 231 g/mol. The molecule has 0 unspecified atom stereocenters. The highest BCUT2D eigenvalue weighted by atomic mass is 19.4. The third-order valence-electron chi connectivity index (χ3n) is 2.34. The second-order valence-corrected chi connectivity index (χ2v) is 3.93. The molecule has 0 heterocycles. The average Bonchev–Trinajstić information content (AvgIpc) is 2.17. The first-order valence-electron chi connectivity index (χ1n) is 5.28. The molecule has 0 atom stereocenters. The maximum atomic E-state index is 12.3. The fourth-order valence-electron chi connectivity index (χ4n) is 1.57. The minimum Gasteiger partial charge on any atom is -0.302 e. The molecule has 0 amide bonds. The van der Waals surface area contributed by atoms with E-state index < -0.39 is 11.7 Å². The topological polar surface area (TPSA) is 3.24 Å². The van der Waals surface area contributed by atoms with Crippen molar-refractivity contribution in [3.05, 3.63) is 35.4 Å². The zero-order chi connectivity index (χ0) is 12.2. The van der Waals surface area contributed by atoms with Crippen LogP contribution in [0.5, 0.6) is 0 Å². The van der Waals surface area contributed by atoms with Gasteiger partial charge in [0.2, 0.25) is 0 Å². The number of halogens is 3. The zero-order valence-electron chi connectivity index (χ0n) is 9.51. The first kappa shape index (κ1) is 13.0. The summed E-state index contributed by atoms with van der Waals surface area (Å²) in [6.45, 7) is 3.70. The van der Waals surface area contributed by atoms with Crippen molar-refractivity contribution in [3.8, 4) is 0 Å². The van der Waals surface area contributed by atoms with Gasteiger partial charge in [0.05, 0.1) is 5.56 Å². The van der Waals surface area contributed by atoms with Gasteiger partial charge in [-0.25, -0.2) is 0 Å². The van der Waals surface area contributed by atoms with Crippen LogP contribution in [0.2, 0.25) is 0 Å². The second kappa shape index (κ2) is 5.34. The normalized spacial score (nSPS) is 12.1. The molecule has 0 spiro atoms. The molecule has 0 saturated carbocycles. The standard InChI is InChI=1S/C12H16F3N/c1-3-8-16(2)9-10-4-6-11(7-5-10)12(13,14)15/h4-7H,3,8-9H2,1-2H3. The van der Waals surface area contributed by atoms with Gasteiger partial charge in [-0.15, -0.1) is 0 Å². The van der Waals surface area contributed by atoms with Gasteiger partial charge in [-0.2, -0.15) is 13.2 Å². The molecule has 0 N–H and O–H groups in total. The van der Waals surface area contributed by atoms with E-state index in [4.69, 9.17) is 0 Å². The highest BCUT2D eigenvalue weighted by Crippen LogP contribution is 2.29. The number of hydrogen-bond acceptors (Lipinski definition) is 1. The number of nitrogens with zero attached hydrogens (tertiary/aromatic N) is 1. The van der Waals surface area contributed by atoms with Gasteiger partial charge in [-0.1, -0.05) is 19.1 Å². The van der Waals surface area contributed by atoms with Gasteiger partial charge in [0.15, 0.2) is 0 Å². The molecule has 1 nitrogen and oxygen atoms in total. The Morgan fingerprint density at radius 1 is 1.12 bits per heavy atom. The fourth-order valence-corrected chi connectivity index (χ4v) is 1.57. The van der Waals surface area contributed by atoms with Crippen LogP contribution in [0.25, 0.3) is 0 Å². The average molecular weight is 231 g/mol. The summed E-state index contributed by atoms with van der Waals surface area (Å²) >= 11 is 0. The largest absolute Gasteiger partial charge is 0.416 e. The fraction of sp³-hybridized carbons (Fsp3) is 0.500. The molecule has 0 aliphatic carbocycles. The van der Waals surface area contributed by atoms with Crippen molar-refractivity contribution in [1.29, 1.82) is 0 Å². The minimum atomic E-state index is -4.24. The first-order valence-corrected chi connectivity index (χ1v) is 5.28. The third kappa shape index (κ3) is 3.85. The van der Waals surface area contributed by atoms with Gasteiger partial charge >= 0.3 is 6.18 Å². The number of rotatable bonds is 4. The Labute approximate surface area is 93.9 Å². The molecule has 90 valence electrons. The van der Waals surface area contributed by atoms with E-state index in [0.717, 1.165) is 30.7 Å². The van der Waals surface area contributed by atoms with Crippen LogP contribution >= 0.6 is 0 Å². The van der Waals surface area contributed by atoms with Crippen molar-refractivity contribution in [2.24, 2.45) is 0 Å². The summed E-state index contributed by atoms with van der Waals surface area (Å²) < 4.78 is 36.9. The van der Waals surface area contributed by atoms with E-state index in [1.165, 1.54) is 12.1 Å². The Morgan fingerprint density at radius 2 is 1.69 bits per heavy atom. The number of alkyl halides is 3. The lowest BCUT2D eigenvalue weighted by Gasteiger charge is -2.15. The minimum absolute atomic E-state index is 0.589. The molecule has 0 aliphatic rings. The summed E-state index contributed by atoms with van der Waals surface area (Å²) in [5.74, 6) is 0. The van der Waals surface area contributed by atoms with E-state index in [-0.39, 0.29) is 0 Å². The van der Waals surface area contributed by atoms with E-state index in [1.54, 1.807) is 0 Å². The summed E-state index contributed by atoms with van der Waals surface area (Å²) in [4.78, 5) is 2.09. The highest BCUT2D eigenvalue weighted by molar-refractivity contribution is 5.24. The zero-order valence-corrected chi connectivity index (χ0v) is 9.51. The Bertz CT molecular complexity index is 316. The molecule has 0 bridgehead atoms. The van der Waals surface area contributed by atoms with Crippen molar-refractivity contribution < 1.29 is 13.2 Å².